The van der Waals surface area contributed by atoms with Crippen molar-refractivity contribution in [1.29, 1.82) is 0 Å². The van der Waals surface area contributed by atoms with E-state index in [4.69, 9.17) is 11.6 Å². The molecule has 9 heteroatoms. The van der Waals surface area contributed by atoms with Gasteiger partial charge in [-0.15, -0.1) is 0 Å². The fourth-order valence-corrected chi connectivity index (χ4v) is 2.96. The second-order valence-corrected chi connectivity index (χ2v) is 6.13. The summed E-state index contributed by atoms with van der Waals surface area (Å²) in [6, 6.07) is 15.7. The molecule has 0 aliphatic heterocycles. The molecule has 0 atom stereocenters. The number of hydrogen-bond donors (Lipinski definition) is 1. The standard InChI is InChI=1S/C19H11ClF3N5/c20-17-25-13-8-4-7-12(11-5-2-1-3-6-11)15(13)16(27-17)28-18-24-10-9-14(26-18)19(21,22)23/h1-10H,(H,24,25,26,27,28). The van der Waals surface area contributed by atoms with Crippen LogP contribution in [0.4, 0.5) is 24.9 Å². The Hall–Kier alpha value is -3.26. The number of alkyl halides is 3. The molecule has 0 radical (unpaired) electrons. The van der Waals surface area contributed by atoms with E-state index in [1.54, 1.807) is 6.07 Å². The Morgan fingerprint density at radius 1 is 0.857 bits per heavy atom. The minimum absolute atomic E-state index is 0.0489. The molecular formula is C19H11ClF3N5. The van der Waals surface area contributed by atoms with Gasteiger partial charge < -0.3 is 5.32 Å². The Balaban J connectivity index is 1.88. The number of nitrogens with zero attached hydrogens (tertiary/aromatic N) is 4. The summed E-state index contributed by atoms with van der Waals surface area (Å²) in [5.74, 6) is -0.0254. The van der Waals surface area contributed by atoms with Crippen LogP contribution in [0, 0.1) is 0 Å². The van der Waals surface area contributed by atoms with E-state index in [9.17, 15) is 13.2 Å². The lowest BCUT2D eigenvalue weighted by Crippen LogP contribution is -2.10. The van der Waals surface area contributed by atoms with E-state index >= 15 is 0 Å². The summed E-state index contributed by atoms with van der Waals surface area (Å²) in [6.45, 7) is 0. The molecule has 0 aliphatic rings. The molecule has 2 heterocycles. The third kappa shape index (κ3) is 3.59. The molecule has 0 aliphatic carbocycles. The van der Waals surface area contributed by atoms with Gasteiger partial charge in [0.25, 0.3) is 0 Å². The Morgan fingerprint density at radius 2 is 1.64 bits per heavy atom. The SMILES string of the molecule is FC(F)(F)c1ccnc(Nc2nc(Cl)nc3cccc(-c4ccccc4)c23)n1. The zero-order valence-corrected chi connectivity index (χ0v) is 14.8. The molecule has 0 saturated heterocycles. The highest BCUT2D eigenvalue weighted by atomic mass is 35.5. The molecule has 28 heavy (non-hydrogen) atoms. The monoisotopic (exact) mass is 401 g/mol. The Labute approximate surface area is 162 Å². The van der Waals surface area contributed by atoms with Crippen LogP contribution >= 0.6 is 11.6 Å². The summed E-state index contributed by atoms with van der Waals surface area (Å²) in [7, 11) is 0. The lowest BCUT2D eigenvalue weighted by atomic mass is 10.0. The maximum absolute atomic E-state index is 12.9. The fourth-order valence-electron chi connectivity index (χ4n) is 2.79. The van der Waals surface area contributed by atoms with Crippen molar-refractivity contribution < 1.29 is 13.2 Å². The average Bonchev–Trinajstić information content (AvgIpc) is 2.67. The fraction of sp³-hybridized carbons (Fsp3) is 0.0526. The van der Waals surface area contributed by atoms with Crippen LogP contribution in [0.3, 0.4) is 0 Å². The Bertz CT molecular complexity index is 1150. The number of nitrogens with one attached hydrogen (secondary N) is 1. The van der Waals surface area contributed by atoms with Gasteiger partial charge in [0.1, 0.15) is 11.5 Å². The first-order valence-electron chi connectivity index (χ1n) is 8.11. The van der Waals surface area contributed by atoms with Gasteiger partial charge in [-0.2, -0.15) is 18.2 Å². The third-order valence-electron chi connectivity index (χ3n) is 3.96. The van der Waals surface area contributed by atoms with Crippen molar-refractivity contribution in [2.75, 3.05) is 5.32 Å². The Kier molecular flexibility index (Phi) is 4.56. The molecule has 0 unspecified atom stereocenters. The molecule has 0 saturated carbocycles. The number of rotatable bonds is 3. The molecule has 4 rings (SSSR count). The predicted octanol–water partition coefficient (Wildman–Crippen LogP) is 5.50. The van der Waals surface area contributed by atoms with E-state index in [0.717, 1.165) is 23.4 Å². The van der Waals surface area contributed by atoms with E-state index in [0.29, 0.717) is 10.9 Å². The first-order valence-corrected chi connectivity index (χ1v) is 8.48. The van der Waals surface area contributed by atoms with E-state index in [1.807, 2.05) is 42.5 Å². The van der Waals surface area contributed by atoms with Crippen LogP contribution in [-0.4, -0.2) is 19.9 Å². The molecule has 140 valence electrons. The topological polar surface area (TPSA) is 63.6 Å². The van der Waals surface area contributed by atoms with Crippen molar-refractivity contribution in [3.05, 3.63) is 71.8 Å². The molecule has 2 aromatic carbocycles. The van der Waals surface area contributed by atoms with Crippen LogP contribution in [-0.2, 0) is 6.18 Å². The third-order valence-corrected chi connectivity index (χ3v) is 4.13. The van der Waals surface area contributed by atoms with Crippen molar-refractivity contribution in [2.45, 2.75) is 6.18 Å². The van der Waals surface area contributed by atoms with Gasteiger partial charge in [-0.1, -0.05) is 42.5 Å². The van der Waals surface area contributed by atoms with Gasteiger partial charge in [0.05, 0.1) is 10.9 Å². The molecule has 5 nitrogen and oxygen atoms in total. The van der Waals surface area contributed by atoms with Crippen LogP contribution in [0.5, 0.6) is 0 Å². The van der Waals surface area contributed by atoms with Crippen LogP contribution in [0.25, 0.3) is 22.0 Å². The van der Waals surface area contributed by atoms with Gasteiger partial charge >= 0.3 is 6.18 Å². The Morgan fingerprint density at radius 3 is 2.39 bits per heavy atom. The van der Waals surface area contributed by atoms with Crippen LogP contribution in [0.15, 0.2) is 60.8 Å². The molecular weight excluding hydrogens is 391 g/mol. The second kappa shape index (κ2) is 7.05. The largest absolute Gasteiger partial charge is 0.433 e. The van der Waals surface area contributed by atoms with Crippen LogP contribution < -0.4 is 5.32 Å². The van der Waals surface area contributed by atoms with Crippen LogP contribution in [0.2, 0.25) is 5.28 Å². The van der Waals surface area contributed by atoms with E-state index in [1.165, 1.54) is 0 Å². The number of hydrogen-bond acceptors (Lipinski definition) is 5. The summed E-state index contributed by atoms with van der Waals surface area (Å²) < 4.78 is 38.8. The summed E-state index contributed by atoms with van der Waals surface area (Å²) in [4.78, 5) is 15.8. The zero-order chi connectivity index (χ0) is 19.7. The van der Waals surface area contributed by atoms with Gasteiger partial charge in [-0.25, -0.2) is 15.0 Å². The normalized spacial score (nSPS) is 11.6. The quantitative estimate of drug-likeness (QED) is 0.459. The molecule has 1 N–H and O–H groups in total. The van der Waals surface area contributed by atoms with E-state index in [2.05, 4.69) is 25.3 Å². The molecule has 2 aromatic heterocycles. The first kappa shape index (κ1) is 18.1. The highest BCUT2D eigenvalue weighted by Crippen LogP contribution is 2.34. The van der Waals surface area contributed by atoms with Crippen LogP contribution in [0.1, 0.15) is 5.69 Å². The maximum Gasteiger partial charge on any atom is 0.433 e. The van der Waals surface area contributed by atoms with E-state index in [-0.39, 0.29) is 17.0 Å². The number of fused-ring (bicyclic) bond motifs is 1. The molecule has 0 spiro atoms. The van der Waals surface area contributed by atoms with Gasteiger partial charge in [0.15, 0.2) is 0 Å². The number of anilines is 2. The lowest BCUT2D eigenvalue weighted by Gasteiger charge is -2.13. The van der Waals surface area contributed by atoms with Gasteiger partial charge in [-0.3, -0.25) is 0 Å². The minimum atomic E-state index is -4.58. The molecule has 0 bridgehead atoms. The molecule has 0 amide bonds. The zero-order valence-electron chi connectivity index (χ0n) is 14.1. The van der Waals surface area contributed by atoms with Gasteiger partial charge in [0, 0.05) is 6.20 Å². The van der Waals surface area contributed by atoms with Gasteiger partial charge in [0.2, 0.25) is 11.2 Å². The number of halogens is 4. The lowest BCUT2D eigenvalue weighted by molar-refractivity contribution is -0.141. The first-order chi connectivity index (χ1) is 13.4. The van der Waals surface area contributed by atoms with Crippen molar-refractivity contribution in [2.24, 2.45) is 0 Å². The van der Waals surface area contributed by atoms with Gasteiger partial charge in [-0.05, 0) is 34.9 Å². The highest BCUT2D eigenvalue weighted by Gasteiger charge is 2.32. The second-order valence-electron chi connectivity index (χ2n) is 5.80. The van der Waals surface area contributed by atoms with E-state index < -0.39 is 11.9 Å². The van der Waals surface area contributed by atoms with Crippen molar-refractivity contribution >= 4 is 34.3 Å². The number of benzene rings is 2. The number of aromatic nitrogens is 4. The predicted molar refractivity (Wildman–Crippen MR) is 100 cm³/mol. The van der Waals surface area contributed by atoms with Crippen molar-refractivity contribution in [3.8, 4) is 11.1 Å². The highest BCUT2D eigenvalue weighted by molar-refractivity contribution is 6.29. The maximum atomic E-state index is 12.9. The summed E-state index contributed by atoms with van der Waals surface area (Å²) in [5, 5.41) is 3.30. The molecule has 0 fully saturated rings. The smallest absolute Gasteiger partial charge is 0.308 e. The summed E-state index contributed by atoms with van der Waals surface area (Å²) in [5.41, 5.74) is 1.17. The summed E-state index contributed by atoms with van der Waals surface area (Å²) >= 11 is 6.01. The summed E-state index contributed by atoms with van der Waals surface area (Å²) in [6.07, 6.45) is -3.55. The molecule has 4 aromatic rings. The minimum Gasteiger partial charge on any atom is -0.308 e. The van der Waals surface area contributed by atoms with Crippen molar-refractivity contribution in [3.63, 3.8) is 0 Å². The van der Waals surface area contributed by atoms with Crippen molar-refractivity contribution in [1.82, 2.24) is 19.9 Å². The average molecular weight is 402 g/mol.